The van der Waals surface area contributed by atoms with Crippen molar-refractivity contribution >= 4 is 39.8 Å². The monoisotopic (exact) mass is 458 g/mol. The number of hydrogen-bond acceptors (Lipinski definition) is 4. The third kappa shape index (κ3) is 4.50. The van der Waals surface area contributed by atoms with E-state index in [1.807, 2.05) is 7.05 Å². The molecule has 2 rings (SSSR count). The summed E-state index contributed by atoms with van der Waals surface area (Å²) in [4.78, 5) is 8.91. The van der Waals surface area contributed by atoms with Crippen molar-refractivity contribution in [2.75, 3.05) is 51.3 Å². The van der Waals surface area contributed by atoms with Crippen molar-refractivity contribution < 1.29 is 8.42 Å². The van der Waals surface area contributed by atoms with E-state index < -0.39 is 9.84 Å². The maximum Gasteiger partial charge on any atom is 0.194 e. The van der Waals surface area contributed by atoms with Gasteiger partial charge in [-0.1, -0.05) is 13.8 Å². The Kier molecular flexibility index (Phi) is 6.77. The Labute approximate surface area is 158 Å². The molecule has 2 heterocycles. The molecule has 0 aliphatic carbocycles. The first-order chi connectivity index (χ1) is 10.1. The molecule has 2 saturated heterocycles. The van der Waals surface area contributed by atoms with Crippen molar-refractivity contribution in [2.24, 2.45) is 10.4 Å². The van der Waals surface area contributed by atoms with Gasteiger partial charge >= 0.3 is 0 Å². The lowest BCUT2D eigenvalue weighted by Crippen LogP contribution is -2.72. The summed E-state index contributed by atoms with van der Waals surface area (Å²) in [6, 6.07) is 0. The SMILES string of the molecule is CN=C(NCCN1CCS(=O)(=O)CC1)N1CC(C)(C)C1(C)C.I. The van der Waals surface area contributed by atoms with Crippen LogP contribution in [0.3, 0.4) is 0 Å². The molecule has 0 atom stereocenters. The molecule has 0 saturated carbocycles. The highest BCUT2D eigenvalue weighted by atomic mass is 127. The smallest absolute Gasteiger partial charge is 0.194 e. The minimum Gasteiger partial charge on any atom is -0.355 e. The number of sulfone groups is 1. The highest BCUT2D eigenvalue weighted by molar-refractivity contribution is 14.0. The molecular formula is C15H31IN4O2S. The number of likely N-dealkylation sites (tertiary alicyclic amines) is 1. The van der Waals surface area contributed by atoms with E-state index in [-0.39, 0.29) is 46.4 Å². The molecule has 0 unspecified atom stereocenters. The van der Waals surface area contributed by atoms with Gasteiger partial charge in [0.1, 0.15) is 0 Å². The summed E-state index contributed by atoms with van der Waals surface area (Å²) in [5.74, 6) is 1.51. The maximum atomic E-state index is 11.4. The minimum atomic E-state index is -2.79. The van der Waals surface area contributed by atoms with Gasteiger partial charge in [0.25, 0.3) is 0 Å². The Morgan fingerprint density at radius 2 is 1.74 bits per heavy atom. The van der Waals surface area contributed by atoms with Gasteiger partial charge in [0.05, 0.1) is 11.5 Å². The van der Waals surface area contributed by atoms with E-state index in [0.717, 1.165) is 25.6 Å². The van der Waals surface area contributed by atoms with Crippen LogP contribution in [0.5, 0.6) is 0 Å². The van der Waals surface area contributed by atoms with E-state index in [4.69, 9.17) is 0 Å². The highest BCUT2D eigenvalue weighted by Crippen LogP contribution is 2.46. The number of rotatable bonds is 3. The molecule has 2 fully saturated rings. The quantitative estimate of drug-likeness (QED) is 0.389. The molecule has 8 heteroatoms. The minimum absolute atomic E-state index is 0. The van der Waals surface area contributed by atoms with Crippen LogP contribution in [0.25, 0.3) is 0 Å². The largest absolute Gasteiger partial charge is 0.355 e. The number of nitrogens with zero attached hydrogens (tertiary/aromatic N) is 3. The Morgan fingerprint density at radius 1 is 1.17 bits per heavy atom. The lowest BCUT2D eigenvalue weighted by Gasteiger charge is -2.62. The van der Waals surface area contributed by atoms with Crippen molar-refractivity contribution in [3.8, 4) is 0 Å². The molecular weight excluding hydrogens is 427 g/mol. The Morgan fingerprint density at radius 3 is 2.17 bits per heavy atom. The number of aliphatic imine (C=N–C) groups is 1. The van der Waals surface area contributed by atoms with Crippen LogP contribution in [0.2, 0.25) is 0 Å². The van der Waals surface area contributed by atoms with Gasteiger partial charge in [-0.15, -0.1) is 24.0 Å². The van der Waals surface area contributed by atoms with Gasteiger partial charge in [-0.3, -0.25) is 9.89 Å². The van der Waals surface area contributed by atoms with E-state index in [0.29, 0.717) is 13.1 Å². The van der Waals surface area contributed by atoms with Crippen LogP contribution in [-0.2, 0) is 9.84 Å². The van der Waals surface area contributed by atoms with Crippen LogP contribution in [-0.4, -0.2) is 81.0 Å². The molecule has 0 aromatic carbocycles. The van der Waals surface area contributed by atoms with Gasteiger partial charge in [0.2, 0.25) is 0 Å². The lowest BCUT2D eigenvalue weighted by molar-refractivity contribution is -0.0667. The second kappa shape index (κ2) is 7.43. The molecule has 1 N–H and O–H groups in total. The van der Waals surface area contributed by atoms with Crippen LogP contribution in [0, 0.1) is 5.41 Å². The van der Waals surface area contributed by atoms with Gasteiger partial charge < -0.3 is 10.2 Å². The fourth-order valence-electron chi connectivity index (χ4n) is 2.99. The van der Waals surface area contributed by atoms with Crippen molar-refractivity contribution in [3.63, 3.8) is 0 Å². The van der Waals surface area contributed by atoms with E-state index in [1.165, 1.54) is 0 Å². The zero-order chi connectivity index (χ0) is 16.6. The standard InChI is InChI=1S/C15H30N4O2S.HI/c1-14(2)12-19(15(14,3)4)13(16-5)17-6-7-18-8-10-22(20,21)11-9-18;/h6-12H2,1-5H3,(H,16,17);1H. The van der Waals surface area contributed by atoms with Gasteiger partial charge in [-0.05, 0) is 13.8 Å². The van der Waals surface area contributed by atoms with Gasteiger partial charge in [-0.2, -0.15) is 0 Å². The molecule has 0 aromatic heterocycles. The Hall–Kier alpha value is -0.0900. The molecule has 136 valence electrons. The molecule has 0 amide bonds. The zero-order valence-corrected chi connectivity index (χ0v) is 18.1. The van der Waals surface area contributed by atoms with Crippen molar-refractivity contribution in [3.05, 3.63) is 0 Å². The average Bonchev–Trinajstić information content (AvgIpc) is 2.43. The second-order valence-electron chi connectivity index (χ2n) is 7.50. The Bertz CT molecular complexity index is 532. The molecule has 0 spiro atoms. The molecule has 0 bridgehead atoms. The molecule has 2 aliphatic heterocycles. The maximum absolute atomic E-state index is 11.4. The van der Waals surface area contributed by atoms with Gasteiger partial charge in [0, 0.05) is 50.7 Å². The number of guanidine groups is 1. The first kappa shape index (κ1) is 21.0. The van der Waals surface area contributed by atoms with E-state index in [2.05, 4.69) is 47.8 Å². The predicted molar refractivity (Wildman–Crippen MR) is 106 cm³/mol. The number of nitrogens with one attached hydrogen (secondary N) is 1. The summed E-state index contributed by atoms with van der Waals surface area (Å²) in [5, 5.41) is 3.42. The fourth-order valence-corrected chi connectivity index (χ4v) is 4.27. The topological polar surface area (TPSA) is 65.0 Å². The lowest BCUT2D eigenvalue weighted by atomic mass is 9.65. The van der Waals surface area contributed by atoms with Crippen LogP contribution in [0.15, 0.2) is 4.99 Å². The normalized spacial score (nSPS) is 26.1. The van der Waals surface area contributed by atoms with E-state index >= 15 is 0 Å². The summed E-state index contributed by atoms with van der Waals surface area (Å²) in [7, 11) is -0.976. The summed E-state index contributed by atoms with van der Waals surface area (Å²) in [6.45, 7) is 13.0. The molecule has 0 radical (unpaired) electrons. The summed E-state index contributed by atoms with van der Waals surface area (Å²) < 4.78 is 22.8. The highest BCUT2D eigenvalue weighted by Gasteiger charge is 2.53. The summed E-state index contributed by atoms with van der Waals surface area (Å²) >= 11 is 0. The van der Waals surface area contributed by atoms with Gasteiger partial charge in [-0.25, -0.2) is 8.42 Å². The van der Waals surface area contributed by atoms with Crippen LogP contribution in [0.1, 0.15) is 27.7 Å². The zero-order valence-electron chi connectivity index (χ0n) is 14.9. The second-order valence-corrected chi connectivity index (χ2v) is 9.80. The average molecular weight is 458 g/mol. The van der Waals surface area contributed by atoms with Crippen LogP contribution >= 0.6 is 24.0 Å². The third-order valence-corrected chi connectivity index (χ3v) is 7.11. The van der Waals surface area contributed by atoms with Crippen molar-refractivity contribution in [2.45, 2.75) is 33.2 Å². The number of halogens is 1. The first-order valence-electron chi connectivity index (χ1n) is 8.00. The summed E-state index contributed by atoms with van der Waals surface area (Å²) in [5.41, 5.74) is 0.375. The molecule has 23 heavy (non-hydrogen) atoms. The Balaban J connectivity index is 0.00000264. The van der Waals surface area contributed by atoms with Crippen LogP contribution in [0.4, 0.5) is 0 Å². The van der Waals surface area contributed by atoms with E-state index in [1.54, 1.807) is 0 Å². The summed E-state index contributed by atoms with van der Waals surface area (Å²) in [6.07, 6.45) is 0. The number of hydrogen-bond donors (Lipinski definition) is 1. The molecule has 2 aliphatic rings. The van der Waals surface area contributed by atoms with Gasteiger partial charge in [0.15, 0.2) is 15.8 Å². The first-order valence-corrected chi connectivity index (χ1v) is 9.82. The molecule has 6 nitrogen and oxygen atoms in total. The molecule has 0 aromatic rings. The van der Waals surface area contributed by atoms with E-state index in [9.17, 15) is 8.42 Å². The van der Waals surface area contributed by atoms with Crippen molar-refractivity contribution in [1.29, 1.82) is 0 Å². The predicted octanol–water partition coefficient (Wildman–Crippen LogP) is 1.03. The van der Waals surface area contributed by atoms with Crippen molar-refractivity contribution in [1.82, 2.24) is 15.1 Å². The third-order valence-electron chi connectivity index (χ3n) is 5.50. The fraction of sp³-hybridized carbons (Fsp3) is 0.933. The van der Waals surface area contributed by atoms with Crippen LogP contribution < -0.4 is 5.32 Å².